The van der Waals surface area contributed by atoms with Crippen LogP contribution < -0.4 is 10.6 Å². The van der Waals surface area contributed by atoms with Crippen LogP contribution in [0.3, 0.4) is 0 Å². The maximum atomic E-state index is 12.1. The number of thiophene rings is 1. The van der Waals surface area contributed by atoms with Crippen LogP contribution in [-0.4, -0.2) is 27.4 Å². The number of hydrogen-bond acceptors (Lipinski definition) is 6. The maximum absolute atomic E-state index is 12.1. The van der Waals surface area contributed by atoms with Crippen molar-refractivity contribution in [3.8, 4) is 11.1 Å². The van der Waals surface area contributed by atoms with Crippen LogP contribution in [0.25, 0.3) is 21.3 Å². The molecule has 0 spiro atoms. The molecular weight excluding hydrogens is 370 g/mol. The summed E-state index contributed by atoms with van der Waals surface area (Å²) < 4.78 is 0. The van der Waals surface area contributed by atoms with E-state index in [4.69, 9.17) is 0 Å². The van der Waals surface area contributed by atoms with Gasteiger partial charge in [0.15, 0.2) is 0 Å². The lowest BCUT2D eigenvalue weighted by Crippen LogP contribution is -2.25. The van der Waals surface area contributed by atoms with Gasteiger partial charge >= 0.3 is 0 Å². The monoisotopic (exact) mass is 389 g/mol. The molecule has 3 aromatic heterocycles. The van der Waals surface area contributed by atoms with Gasteiger partial charge in [0, 0.05) is 42.8 Å². The molecule has 28 heavy (non-hydrogen) atoms. The molecule has 0 bridgehead atoms. The second-order valence-corrected chi connectivity index (χ2v) is 7.08. The van der Waals surface area contributed by atoms with E-state index in [2.05, 4.69) is 43.1 Å². The number of amides is 1. The number of anilines is 1. The third-order valence-corrected chi connectivity index (χ3v) is 5.22. The molecule has 0 atom stereocenters. The molecule has 1 aromatic carbocycles. The smallest absolute Gasteiger partial charge is 0.222 e. The predicted octanol–water partition coefficient (Wildman–Crippen LogP) is 3.87. The largest absolute Gasteiger partial charge is 0.369 e. The van der Waals surface area contributed by atoms with Crippen LogP contribution in [0.15, 0.2) is 66.6 Å². The quantitative estimate of drug-likeness (QED) is 0.502. The summed E-state index contributed by atoms with van der Waals surface area (Å²) in [5.41, 5.74) is 3.26. The van der Waals surface area contributed by atoms with Gasteiger partial charge in [0.25, 0.3) is 0 Å². The first-order valence-corrected chi connectivity index (χ1v) is 9.86. The Hall–Kier alpha value is -3.32. The fraction of sp³-hybridized carbons (Fsp3) is 0.143. The zero-order chi connectivity index (χ0) is 19.2. The molecule has 2 N–H and O–H groups in total. The van der Waals surface area contributed by atoms with Gasteiger partial charge in [0.2, 0.25) is 5.91 Å². The Balaban J connectivity index is 1.41. The third-order valence-electron chi connectivity index (χ3n) is 4.34. The van der Waals surface area contributed by atoms with Gasteiger partial charge in [-0.25, -0.2) is 9.97 Å². The van der Waals surface area contributed by atoms with Crippen LogP contribution in [0, 0.1) is 0 Å². The molecule has 0 aliphatic carbocycles. The molecule has 0 aliphatic rings. The Morgan fingerprint density at radius 1 is 1.04 bits per heavy atom. The zero-order valence-electron chi connectivity index (χ0n) is 15.1. The predicted molar refractivity (Wildman–Crippen MR) is 112 cm³/mol. The normalized spacial score (nSPS) is 10.7. The molecule has 0 saturated carbocycles. The molecule has 3 heterocycles. The van der Waals surface area contributed by atoms with Crippen molar-refractivity contribution < 1.29 is 4.79 Å². The summed E-state index contributed by atoms with van der Waals surface area (Å²) in [4.78, 5) is 25.8. The van der Waals surface area contributed by atoms with E-state index in [1.165, 1.54) is 0 Å². The number of carbonyl (C=O) groups is 1. The summed E-state index contributed by atoms with van der Waals surface area (Å²) in [6.45, 7) is 1.00. The van der Waals surface area contributed by atoms with E-state index in [9.17, 15) is 4.79 Å². The van der Waals surface area contributed by atoms with E-state index in [-0.39, 0.29) is 5.91 Å². The molecule has 0 fully saturated rings. The SMILES string of the molecule is O=C(CCNc1ncnc2scc(-c3ccccc3)c12)NCc1ccncc1. The lowest BCUT2D eigenvalue weighted by molar-refractivity contribution is -0.121. The van der Waals surface area contributed by atoms with Crippen LogP contribution in [0.1, 0.15) is 12.0 Å². The number of hydrogen-bond donors (Lipinski definition) is 2. The van der Waals surface area contributed by atoms with Crippen LogP contribution in [-0.2, 0) is 11.3 Å². The van der Waals surface area contributed by atoms with Crippen molar-refractivity contribution in [2.75, 3.05) is 11.9 Å². The fourth-order valence-electron chi connectivity index (χ4n) is 2.92. The minimum atomic E-state index is -0.0109. The van der Waals surface area contributed by atoms with Crippen molar-refractivity contribution in [3.63, 3.8) is 0 Å². The standard InChI is InChI=1S/C21H19N5OS/c27-18(24-12-15-6-9-22-10-7-15)8-11-23-20-19-17(16-4-2-1-3-5-16)13-28-21(19)26-14-25-20/h1-7,9-10,13-14H,8,11-12H2,(H,24,27)(H,23,25,26). The Labute approximate surface area is 166 Å². The highest BCUT2D eigenvalue weighted by atomic mass is 32.1. The third kappa shape index (κ3) is 4.15. The van der Waals surface area contributed by atoms with Gasteiger partial charge in [-0.3, -0.25) is 9.78 Å². The van der Waals surface area contributed by atoms with Crippen LogP contribution >= 0.6 is 11.3 Å². The lowest BCUT2D eigenvalue weighted by Gasteiger charge is -2.09. The molecular formula is C21H19N5OS. The second-order valence-electron chi connectivity index (χ2n) is 6.23. The van der Waals surface area contributed by atoms with Crippen molar-refractivity contribution in [1.29, 1.82) is 0 Å². The topological polar surface area (TPSA) is 79.8 Å². The Morgan fingerprint density at radius 2 is 1.86 bits per heavy atom. The van der Waals surface area contributed by atoms with Crippen molar-refractivity contribution in [2.24, 2.45) is 0 Å². The van der Waals surface area contributed by atoms with Gasteiger partial charge in [0.05, 0.1) is 5.39 Å². The molecule has 4 aromatic rings. The number of fused-ring (bicyclic) bond motifs is 1. The highest BCUT2D eigenvalue weighted by molar-refractivity contribution is 7.17. The molecule has 6 nitrogen and oxygen atoms in total. The number of rotatable bonds is 7. The minimum Gasteiger partial charge on any atom is -0.369 e. The van der Waals surface area contributed by atoms with Crippen LogP contribution in [0.4, 0.5) is 5.82 Å². The van der Waals surface area contributed by atoms with Crippen molar-refractivity contribution >= 4 is 33.3 Å². The minimum absolute atomic E-state index is 0.0109. The Kier molecular flexibility index (Phi) is 5.53. The van der Waals surface area contributed by atoms with Gasteiger partial charge in [-0.05, 0) is 23.3 Å². The number of nitrogens with zero attached hydrogens (tertiary/aromatic N) is 3. The van der Waals surface area contributed by atoms with E-state index in [0.29, 0.717) is 19.5 Å². The van der Waals surface area contributed by atoms with Crippen molar-refractivity contribution in [2.45, 2.75) is 13.0 Å². The molecule has 0 saturated heterocycles. The molecule has 0 aliphatic heterocycles. The van der Waals surface area contributed by atoms with Gasteiger partial charge in [-0.2, -0.15) is 0 Å². The maximum Gasteiger partial charge on any atom is 0.222 e. The van der Waals surface area contributed by atoms with E-state index in [0.717, 1.165) is 32.7 Å². The average Bonchev–Trinajstić information content (AvgIpc) is 3.19. The first kappa shape index (κ1) is 18.1. The first-order chi connectivity index (χ1) is 13.8. The zero-order valence-corrected chi connectivity index (χ0v) is 15.9. The molecule has 0 radical (unpaired) electrons. The summed E-state index contributed by atoms with van der Waals surface area (Å²) >= 11 is 1.59. The van der Waals surface area contributed by atoms with Crippen molar-refractivity contribution in [1.82, 2.24) is 20.3 Å². The van der Waals surface area contributed by atoms with Crippen LogP contribution in [0.2, 0.25) is 0 Å². The average molecular weight is 389 g/mol. The summed E-state index contributed by atoms with van der Waals surface area (Å²) in [7, 11) is 0. The number of carbonyl (C=O) groups excluding carboxylic acids is 1. The van der Waals surface area contributed by atoms with E-state index in [1.54, 1.807) is 30.1 Å². The van der Waals surface area contributed by atoms with E-state index < -0.39 is 0 Å². The highest BCUT2D eigenvalue weighted by Crippen LogP contribution is 2.36. The number of aromatic nitrogens is 3. The number of benzene rings is 1. The molecule has 7 heteroatoms. The summed E-state index contributed by atoms with van der Waals surface area (Å²) in [5, 5.41) is 9.31. The highest BCUT2D eigenvalue weighted by Gasteiger charge is 2.13. The number of pyridine rings is 1. The summed E-state index contributed by atoms with van der Waals surface area (Å²) in [6.07, 6.45) is 5.35. The van der Waals surface area contributed by atoms with E-state index in [1.807, 2.05) is 30.3 Å². The lowest BCUT2D eigenvalue weighted by atomic mass is 10.1. The summed E-state index contributed by atoms with van der Waals surface area (Å²) in [6, 6.07) is 14.0. The second kappa shape index (κ2) is 8.58. The van der Waals surface area contributed by atoms with Gasteiger partial charge in [-0.1, -0.05) is 30.3 Å². The molecule has 1 amide bonds. The molecule has 140 valence electrons. The number of nitrogens with one attached hydrogen (secondary N) is 2. The van der Waals surface area contributed by atoms with Gasteiger partial charge in [0.1, 0.15) is 17.0 Å². The molecule has 0 unspecified atom stereocenters. The van der Waals surface area contributed by atoms with Gasteiger partial charge in [-0.15, -0.1) is 11.3 Å². The van der Waals surface area contributed by atoms with Crippen molar-refractivity contribution in [3.05, 3.63) is 72.1 Å². The fourth-order valence-corrected chi connectivity index (χ4v) is 3.84. The Morgan fingerprint density at radius 3 is 2.68 bits per heavy atom. The van der Waals surface area contributed by atoms with Crippen LogP contribution in [0.5, 0.6) is 0 Å². The first-order valence-electron chi connectivity index (χ1n) is 8.98. The van der Waals surface area contributed by atoms with E-state index >= 15 is 0 Å². The summed E-state index contributed by atoms with van der Waals surface area (Å²) in [5.74, 6) is 0.746. The van der Waals surface area contributed by atoms with Gasteiger partial charge < -0.3 is 10.6 Å². The Bertz CT molecular complexity index is 1070. The molecule has 4 rings (SSSR count).